The second-order valence-corrected chi connectivity index (χ2v) is 51.7. The number of hydrogen-bond donors (Lipinski definition) is 4. The van der Waals surface area contributed by atoms with Gasteiger partial charge in [0.1, 0.15) is 57.6 Å². The summed E-state index contributed by atoms with van der Waals surface area (Å²) in [5.74, 6) is 4.36. The van der Waals surface area contributed by atoms with Gasteiger partial charge in [-0.2, -0.15) is 0 Å². The molecule has 0 bridgehead atoms. The van der Waals surface area contributed by atoms with Gasteiger partial charge in [0.05, 0.1) is 6.61 Å². The van der Waals surface area contributed by atoms with Crippen molar-refractivity contribution in [3.8, 4) is 40.2 Å². The minimum Gasteiger partial charge on any atom is -0.507 e. The quantitative estimate of drug-likeness (QED) is 0.0217. The second kappa shape index (κ2) is 45.1. The summed E-state index contributed by atoms with van der Waals surface area (Å²) in [5, 5.41) is 42.9. The number of phenolic OH excluding ortho intramolecular Hbond substituents is 4. The summed E-state index contributed by atoms with van der Waals surface area (Å²) in [6.45, 7) is 92.3. The van der Waals surface area contributed by atoms with Crippen molar-refractivity contribution in [2.24, 2.45) is 5.92 Å². The Balaban J connectivity index is 0.000000394. The third-order valence-corrected chi connectivity index (χ3v) is 25.4. The summed E-state index contributed by atoms with van der Waals surface area (Å²) >= 11 is 0. The first kappa shape index (κ1) is 115. The molecule has 0 fully saturated rings. The molecule has 730 valence electrons. The zero-order valence-corrected chi connectivity index (χ0v) is 91.4. The molecule has 0 unspecified atom stereocenters. The maximum absolute atomic E-state index is 13.4. The number of aryl methyl sites for hydroxylation is 5. The van der Waals surface area contributed by atoms with E-state index in [2.05, 4.69) is 356 Å². The van der Waals surface area contributed by atoms with Crippen LogP contribution in [0.1, 0.15) is 455 Å². The van der Waals surface area contributed by atoms with Crippen molar-refractivity contribution >= 4 is 31.9 Å². The SMILES string of the molecule is CC(=O)CCc1cc(C)c(O)c(C(C)(C)C)c1.CC(C)(C)c1ccc(OP(Oc2ccc(C(C)(C)C)cc2C(C)(C)C)Oc2ccc(C(C)(C)C)cc2C(C)(C)C)c(C(C)(C)C)c1.CCCCCC(CC(=O)CCc1cc(C(C)(C)C)c(O)c(C(C)(C)C)c1)CC(=O)CCc1cc(C(C)(C)C)c(O)c(C(C)(C)C)c1.CCOC(=O)CCc1cc(C(C)(C)C)c(O)c(C(C)(C)C)c1. The van der Waals surface area contributed by atoms with Crippen LogP contribution < -0.4 is 13.6 Å². The Labute approximate surface area is 799 Å². The number of carbonyl (C=O) groups excluding carboxylic acids is 4. The Morgan fingerprint density at radius 1 is 0.305 bits per heavy atom. The van der Waals surface area contributed by atoms with Crippen molar-refractivity contribution in [3.05, 3.63) is 203 Å². The largest absolute Gasteiger partial charge is 0.530 e. The summed E-state index contributed by atoms with van der Waals surface area (Å²) in [6.07, 6.45) is 9.47. The maximum Gasteiger partial charge on any atom is 0.530 e. The number of unbranched alkanes of at least 4 members (excludes halogenated alkanes) is 2. The van der Waals surface area contributed by atoms with Crippen molar-refractivity contribution in [1.82, 2.24) is 0 Å². The van der Waals surface area contributed by atoms with Crippen molar-refractivity contribution < 1.29 is 57.9 Å². The van der Waals surface area contributed by atoms with Gasteiger partial charge in [0, 0.05) is 55.2 Å². The van der Waals surface area contributed by atoms with E-state index in [1.54, 1.807) is 6.92 Å². The Morgan fingerprint density at radius 3 is 0.786 bits per heavy atom. The van der Waals surface area contributed by atoms with Gasteiger partial charge in [-0.25, -0.2) is 0 Å². The van der Waals surface area contributed by atoms with Crippen LogP contribution in [0.3, 0.4) is 0 Å². The summed E-state index contributed by atoms with van der Waals surface area (Å²) in [4.78, 5) is 49.3. The molecule has 7 aromatic carbocycles. The summed E-state index contributed by atoms with van der Waals surface area (Å²) in [5.41, 5.74) is 17.4. The lowest BCUT2D eigenvalue weighted by Crippen LogP contribution is -2.20. The third kappa shape index (κ3) is 36.0. The topological polar surface area (TPSA) is 186 Å². The molecule has 0 radical (unpaired) electrons. The fraction of sp³-hybridized carbons (Fsp3) is 0.610. The summed E-state index contributed by atoms with van der Waals surface area (Å²) in [7, 11) is -1.89. The van der Waals surface area contributed by atoms with Crippen molar-refractivity contribution in [3.63, 3.8) is 0 Å². The average molecular weight is 1820 g/mol. The molecule has 0 heterocycles. The zero-order valence-electron chi connectivity index (χ0n) is 90.5. The van der Waals surface area contributed by atoms with Crippen LogP contribution in [0.4, 0.5) is 0 Å². The molecule has 0 aliphatic rings. The van der Waals surface area contributed by atoms with Crippen LogP contribution in [-0.2, 0) is 120 Å². The van der Waals surface area contributed by atoms with E-state index in [4.69, 9.17) is 18.3 Å². The molecule has 4 N–H and O–H groups in total. The fourth-order valence-corrected chi connectivity index (χ4v) is 17.0. The normalized spacial score (nSPS) is 12.9. The van der Waals surface area contributed by atoms with Gasteiger partial charge in [-0.1, -0.05) is 381 Å². The highest BCUT2D eigenvalue weighted by atomic mass is 31.2. The summed E-state index contributed by atoms with van der Waals surface area (Å²) in [6, 6.07) is 36.0. The standard InChI is InChI=1S/C42H66O4.C42H63O3P.C19H30O3.C15H22O2/c1-14-15-16-17-28(22-31(43)20-18-29-24-33(39(2,3)4)37(45)34(25-29)40(5,6)7)23-32(44)21-19-30-26-35(41(8,9)10)38(46)36(27-30)42(11,12)13;1-37(2,3)28-19-22-34(31(25-28)40(10,11)12)43-46(44-35-23-20-29(38(4,5)6)26-32(35)41(13,14)15)45-36-24-21-30(39(7,8)9)27-33(36)42(16,17)18;1-8-22-16(20)10-9-13-11-14(18(2,3)4)17(21)15(12-13)19(5,6)7;1-10-8-12(7-6-11(2)16)9-13(14(10)17)15(3,4)5/h24-28,45-46H,14-23H2,1-13H3;19-27H,1-18H3;11-12,21H,8-10H2,1-7H3;8-9,17H,6-7H2,1-5H3. The molecule has 0 aliphatic heterocycles. The highest BCUT2D eigenvalue weighted by Crippen LogP contribution is 2.52. The van der Waals surface area contributed by atoms with Crippen LogP contribution in [0.15, 0.2) is 103 Å². The lowest BCUT2D eigenvalue weighted by atomic mass is 9.78. The van der Waals surface area contributed by atoms with Gasteiger partial charge in [-0.3, -0.25) is 14.4 Å². The average Bonchev–Trinajstić information content (AvgIpc) is 0.788. The predicted molar refractivity (Wildman–Crippen MR) is 556 cm³/mol. The zero-order chi connectivity index (χ0) is 101. The molecule has 0 amide bonds. The van der Waals surface area contributed by atoms with E-state index in [0.717, 1.165) is 133 Å². The van der Waals surface area contributed by atoms with Crippen LogP contribution in [0.5, 0.6) is 40.2 Å². The van der Waals surface area contributed by atoms with Crippen molar-refractivity contribution in [2.45, 2.75) is 458 Å². The Bertz CT molecular complexity index is 4580. The number of hydrogen-bond acceptors (Lipinski definition) is 12. The lowest BCUT2D eigenvalue weighted by molar-refractivity contribution is -0.143. The van der Waals surface area contributed by atoms with Crippen LogP contribution in [-0.4, -0.2) is 50.4 Å². The van der Waals surface area contributed by atoms with Crippen LogP contribution in [0, 0.1) is 12.8 Å². The van der Waals surface area contributed by atoms with Gasteiger partial charge in [-0.05, 0) is 231 Å². The molecule has 0 aliphatic carbocycles. The van der Waals surface area contributed by atoms with Crippen LogP contribution in [0.25, 0.3) is 0 Å². The van der Waals surface area contributed by atoms with E-state index in [1.165, 1.54) is 16.7 Å². The monoisotopic (exact) mass is 1820 g/mol. The van der Waals surface area contributed by atoms with E-state index >= 15 is 0 Å². The Kier molecular flexibility index (Phi) is 39.8. The number of esters is 1. The van der Waals surface area contributed by atoms with E-state index < -0.39 is 8.60 Å². The Hall–Kier alpha value is -7.95. The first-order chi connectivity index (χ1) is 59.2. The van der Waals surface area contributed by atoms with Crippen LogP contribution in [0.2, 0.25) is 0 Å². The van der Waals surface area contributed by atoms with Crippen molar-refractivity contribution in [1.29, 1.82) is 0 Å². The predicted octanol–water partition coefficient (Wildman–Crippen LogP) is 32.2. The van der Waals surface area contributed by atoms with Crippen LogP contribution >= 0.6 is 8.60 Å². The highest BCUT2D eigenvalue weighted by Gasteiger charge is 2.36. The molecule has 13 heteroatoms. The van der Waals surface area contributed by atoms with E-state index in [0.29, 0.717) is 87.4 Å². The molecule has 131 heavy (non-hydrogen) atoms. The fourth-order valence-electron chi connectivity index (χ4n) is 16.0. The van der Waals surface area contributed by atoms with Gasteiger partial charge in [-0.15, -0.1) is 0 Å². The number of Topliss-reactive ketones (excluding diaryl/α,β-unsaturated/α-hetero) is 3. The number of ketones is 3. The van der Waals surface area contributed by atoms with Gasteiger partial charge in [0.15, 0.2) is 0 Å². The molecule has 0 saturated carbocycles. The molecule has 12 nitrogen and oxygen atoms in total. The van der Waals surface area contributed by atoms with Gasteiger partial charge >= 0.3 is 14.6 Å². The smallest absolute Gasteiger partial charge is 0.507 e. The molecule has 0 spiro atoms. The van der Waals surface area contributed by atoms with Gasteiger partial charge in [0.25, 0.3) is 0 Å². The maximum atomic E-state index is 13.4. The number of ether oxygens (including phenoxy) is 1. The number of benzene rings is 7. The minimum absolute atomic E-state index is 0.0170. The molecule has 7 aromatic rings. The molecular weight excluding hydrogens is 1640 g/mol. The molecule has 0 saturated heterocycles. The summed E-state index contributed by atoms with van der Waals surface area (Å²) < 4.78 is 25.7. The lowest BCUT2D eigenvalue weighted by Gasteiger charge is -2.31. The van der Waals surface area contributed by atoms with Gasteiger partial charge in [0.2, 0.25) is 0 Å². The van der Waals surface area contributed by atoms with E-state index in [-0.39, 0.29) is 99.6 Å². The van der Waals surface area contributed by atoms with Gasteiger partial charge < -0.3 is 43.5 Å². The third-order valence-electron chi connectivity index (χ3n) is 24.3. The molecule has 0 aromatic heterocycles. The van der Waals surface area contributed by atoms with Crippen molar-refractivity contribution in [2.75, 3.05) is 6.61 Å². The molecule has 0 atom stereocenters. The minimum atomic E-state index is -1.89. The number of phenols is 4. The number of carbonyl (C=O) groups is 4. The van der Waals surface area contributed by atoms with E-state index in [1.807, 2.05) is 38.1 Å². The molecular formula is C118H181O12P. The molecule has 7 rings (SSSR count). The number of rotatable bonds is 27. The highest BCUT2D eigenvalue weighted by molar-refractivity contribution is 7.43. The van der Waals surface area contributed by atoms with E-state index in [9.17, 15) is 39.6 Å². The first-order valence-corrected chi connectivity index (χ1v) is 49.7. The Morgan fingerprint density at radius 2 is 0.550 bits per heavy atom. The first-order valence-electron chi connectivity index (χ1n) is 48.6. The number of aromatic hydroxyl groups is 4. The second-order valence-electron chi connectivity index (χ2n) is 50.7.